The van der Waals surface area contributed by atoms with Crippen LogP contribution in [0.1, 0.15) is 20.0 Å². The topological polar surface area (TPSA) is 79.0 Å². The van der Waals surface area contributed by atoms with Gasteiger partial charge in [-0.1, -0.05) is 41.4 Å². The van der Waals surface area contributed by atoms with Gasteiger partial charge in [-0.3, -0.25) is 9.59 Å². The van der Waals surface area contributed by atoms with E-state index in [1.807, 2.05) is 24.3 Å². The molecule has 0 bridgehead atoms. The van der Waals surface area contributed by atoms with Gasteiger partial charge in [-0.2, -0.15) is 11.8 Å². The van der Waals surface area contributed by atoms with Gasteiger partial charge < -0.3 is 19.9 Å². The zero-order valence-corrected chi connectivity index (χ0v) is 22.8. The van der Waals surface area contributed by atoms with E-state index in [0.29, 0.717) is 54.1 Å². The Hall–Kier alpha value is -2.53. The molecule has 1 N–H and O–H groups in total. The predicted octanol–water partition coefficient (Wildman–Crippen LogP) is 5.40. The van der Waals surface area contributed by atoms with Gasteiger partial charge in [0.25, 0.3) is 11.8 Å². The highest BCUT2D eigenvalue weighted by Gasteiger charge is 2.26. The summed E-state index contributed by atoms with van der Waals surface area (Å²) in [5.41, 5.74) is 0.235. The van der Waals surface area contributed by atoms with Crippen LogP contribution < -0.4 is 5.32 Å². The quantitative estimate of drug-likeness (QED) is 0.359. The number of hydrogen-bond donors (Lipinski definition) is 1. The minimum absolute atomic E-state index is 0.0628. The van der Waals surface area contributed by atoms with Crippen LogP contribution in [0, 0.1) is 5.82 Å². The van der Waals surface area contributed by atoms with Crippen LogP contribution in [0.4, 0.5) is 9.18 Å². The van der Waals surface area contributed by atoms with Gasteiger partial charge in [0.15, 0.2) is 0 Å². The fourth-order valence-electron chi connectivity index (χ4n) is 3.78. The highest BCUT2D eigenvalue weighted by atomic mass is 35.5. The number of piperazine rings is 1. The monoisotopic (exact) mass is 583 g/mol. The summed E-state index contributed by atoms with van der Waals surface area (Å²) >= 11 is 15.3. The molecule has 1 aliphatic rings. The Balaban J connectivity index is 1.10. The average Bonchev–Trinajstić information content (AvgIpc) is 3.24. The smallest absolute Gasteiger partial charge is 0.409 e. The van der Waals surface area contributed by atoms with Crippen LogP contribution in [0.3, 0.4) is 0 Å². The number of carbonyl (C=O) groups excluding carboxylic acids is 3. The van der Waals surface area contributed by atoms with Gasteiger partial charge in [0, 0.05) is 54.3 Å². The molecule has 0 aliphatic carbocycles. The minimum Gasteiger partial charge on any atom is -0.449 e. The number of nitrogens with zero attached hydrogens (tertiary/aromatic N) is 2. The Morgan fingerprint density at radius 3 is 2.49 bits per heavy atom. The maximum absolute atomic E-state index is 13.2. The zero-order chi connectivity index (χ0) is 26.4. The van der Waals surface area contributed by atoms with E-state index in [1.54, 1.807) is 21.6 Å². The number of rotatable bonds is 8. The second-order valence-corrected chi connectivity index (χ2v) is 11.2. The van der Waals surface area contributed by atoms with Gasteiger partial charge in [-0.25, -0.2) is 9.18 Å². The van der Waals surface area contributed by atoms with E-state index >= 15 is 0 Å². The molecule has 12 heteroatoms. The molecule has 0 atom stereocenters. The number of amides is 3. The van der Waals surface area contributed by atoms with Crippen molar-refractivity contribution in [1.82, 2.24) is 15.1 Å². The lowest BCUT2D eigenvalue weighted by Gasteiger charge is -2.34. The second kappa shape index (κ2) is 12.8. The lowest BCUT2D eigenvalue weighted by atomic mass is 10.1. The molecule has 4 rings (SSSR count). The van der Waals surface area contributed by atoms with Crippen LogP contribution >= 0.6 is 46.3 Å². The molecule has 0 unspecified atom stereocenters. The van der Waals surface area contributed by atoms with Crippen molar-refractivity contribution >= 4 is 74.3 Å². The third-order valence-electron chi connectivity index (χ3n) is 5.71. The summed E-state index contributed by atoms with van der Waals surface area (Å²) in [6.45, 7) is 2.05. The van der Waals surface area contributed by atoms with E-state index < -0.39 is 11.9 Å². The molecule has 0 saturated carbocycles. The molecule has 37 heavy (non-hydrogen) atoms. The molecular weight excluding hydrogens is 560 g/mol. The summed E-state index contributed by atoms with van der Waals surface area (Å²) in [5, 5.41) is 4.29. The SMILES string of the molecule is O=C(NCCSCCOC(=O)N1CCN(C(=O)c2ccc(F)cc2Cl)CC1)c1sc2ccccc2c1Cl. The van der Waals surface area contributed by atoms with Crippen molar-refractivity contribution in [2.45, 2.75) is 0 Å². The number of carbonyl (C=O) groups is 3. The van der Waals surface area contributed by atoms with Crippen LogP contribution in [0.5, 0.6) is 0 Å². The van der Waals surface area contributed by atoms with Gasteiger partial charge in [-0.15, -0.1) is 11.3 Å². The molecule has 7 nitrogen and oxygen atoms in total. The van der Waals surface area contributed by atoms with Crippen molar-refractivity contribution < 1.29 is 23.5 Å². The fraction of sp³-hybridized carbons (Fsp3) is 0.320. The van der Waals surface area contributed by atoms with Crippen molar-refractivity contribution in [3.63, 3.8) is 0 Å². The first-order valence-corrected chi connectivity index (χ1v) is 14.3. The normalized spacial score (nSPS) is 13.6. The summed E-state index contributed by atoms with van der Waals surface area (Å²) in [6, 6.07) is 11.3. The van der Waals surface area contributed by atoms with Gasteiger partial charge in [0.1, 0.15) is 17.3 Å². The Morgan fingerprint density at radius 2 is 1.76 bits per heavy atom. The molecule has 0 radical (unpaired) electrons. The van der Waals surface area contributed by atoms with Crippen molar-refractivity contribution in [3.8, 4) is 0 Å². The van der Waals surface area contributed by atoms with Crippen molar-refractivity contribution in [2.24, 2.45) is 0 Å². The van der Waals surface area contributed by atoms with E-state index in [-0.39, 0.29) is 29.0 Å². The number of nitrogens with one attached hydrogen (secondary N) is 1. The Kier molecular flexibility index (Phi) is 9.53. The van der Waals surface area contributed by atoms with E-state index in [9.17, 15) is 18.8 Å². The number of benzene rings is 2. The molecule has 2 aromatic carbocycles. The summed E-state index contributed by atoms with van der Waals surface area (Å²) < 4.78 is 19.5. The predicted molar refractivity (Wildman–Crippen MR) is 147 cm³/mol. The molecule has 1 aliphatic heterocycles. The van der Waals surface area contributed by atoms with Crippen LogP contribution in [0.15, 0.2) is 42.5 Å². The summed E-state index contributed by atoms with van der Waals surface area (Å²) in [4.78, 5) is 41.1. The molecule has 2 heterocycles. The molecule has 0 spiro atoms. The Labute approximate surface area is 231 Å². The number of thiophene rings is 1. The minimum atomic E-state index is -0.505. The van der Waals surface area contributed by atoms with Crippen LogP contribution in [0.25, 0.3) is 10.1 Å². The first-order valence-electron chi connectivity index (χ1n) is 11.5. The van der Waals surface area contributed by atoms with Crippen molar-refractivity contribution in [1.29, 1.82) is 0 Å². The highest BCUT2D eigenvalue weighted by Crippen LogP contribution is 2.34. The maximum atomic E-state index is 13.2. The number of thioether (sulfide) groups is 1. The number of ether oxygens (including phenoxy) is 1. The number of fused-ring (bicyclic) bond motifs is 1. The molecule has 196 valence electrons. The lowest BCUT2D eigenvalue weighted by molar-refractivity contribution is 0.0572. The van der Waals surface area contributed by atoms with E-state index in [1.165, 1.54) is 23.5 Å². The van der Waals surface area contributed by atoms with E-state index in [0.717, 1.165) is 16.2 Å². The van der Waals surface area contributed by atoms with Crippen LogP contribution in [0.2, 0.25) is 10.0 Å². The third-order valence-corrected chi connectivity index (χ3v) is 8.65. The maximum Gasteiger partial charge on any atom is 0.409 e. The Morgan fingerprint density at radius 1 is 1.03 bits per heavy atom. The lowest BCUT2D eigenvalue weighted by Crippen LogP contribution is -2.50. The molecule has 1 aromatic heterocycles. The largest absolute Gasteiger partial charge is 0.449 e. The van der Waals surface area contributed by atoms with Gasteiger partial charge in [0.2, 0.25) is 0 Å². The first kappa shape index (κ1) is 27.5. The standard InChI is InChI=1S/C25H24Cl2FN3O4S2/c26-19-15-16(28)5-6-17(19)24(33)30-8-10-31(11-9-30)25(34)35-12-14-36-13-7-29-23(32)22-21(27)18-3-1-2-4-20(18)37-22/h1-6,15H,7-14H2,(H,29,32). The molecule has 3 amide bonds. The molecule has 1 saturated heterocycles. The van der Waals surface area contributed by atoms with Crippen molar-refractivity contribution in [3.05, 3.63) is 68.8 Å². The van der Waals surface area contributed by atoms with Gasteiger partial charge in [0.05, 0.1) is 15.6 Å². The third kappa shape index (κ3) is 6.87. The summed E-state index contributed by atoms with van der Waals surface area (Å²) in [5.74, 6) is 0.258. The first-order chi connectivity index (χ1) is 17.8. The number of hydrogen-bond acceptors (Lipinski definition) is 6. The highest BCUT2D eigenvalue weighted by molar-refractivity contribution is 7.99. The van der Waals surface area contributed by atoms with E-state index in [2.05, 4.69) is 5.32 Å². The van der Waals surface area contributed by atoms with E-state index in [4.69, 9.17) is 27.9 Å². The summed E-state index contributed by atoms with van der Waals surface area (Å²) in [6.07, 6.45) is -0.430. The molecule has 3 aromatic rings. The van der Waals surface area contributed by atoms with Gasteiger partial charge in [-0.05, 0) is 24.3 Å². The van der Waals surface area contributed by atoms with Crippen LogP contribution in [-0.4, -0.2) is 78.5 Å². The van der Waals surface area contributed by atoms with Crippen LogP contribution in [-0.2, 0) is 4.74 Å². The Bertz CT molecular complexity index is 1300. The second-order valence-electron chi connectivity index (χ2n) is 8.13. The van der Waals surface area contributed by atoms with Gasteiger partial charge >= 0.3 is 6.09 Å². The zero-order valence-electron chi connectivity index (χ0n) is 19.7. The molecular formula is C25H24Cl2FN3O4S2. The summed E-state index contributed by atoms with van der Waals surface area (Å²) in [7, 11) is 0. The van der Waals surface area contributed by atoms with Crippen molar-refractivity contribution in [2.75, 3.05) is 50.8 Å². The molecule has 1 fully saturated rings. The fourth-order valence-corrected chi connectivity index (χ4v) is 6.12. The number of halogens is 3. The average molecular weight is 585 g/mol.